The first-order valence-corrected chi connectivity index (χ1v) is 12.1. The van der Waals surface area contributed by atoms with Crippen molar-refractivity contribution in [1.82, 2.24) is 4.90 Å². The van der Waals surface area contributed by atoms with Crippen LogP contribution < -0.4 is 5.32 Å². The average molecular weight is 499 g/mol. The first-order chi connectivity index (χ1) is 16.3. The van der Waals surface area contributed by atoms with Crippen LogP contribution in [0.2, 0.25) is 5.02 Å². The first-order valence-electron chi connectivity index (χ1n) is 10.9. The number of ether oxygens (including phenoxy) is 1. The number of allylic oxidation sites excluding steroid dienone is 2. The van der Waals surface area contributed by atoms with E-state index in [9.17, 15) is 19.2 Å². The molecule has 3 atom stereocenters. The lowest BCUT2D eigenvalue weighted by Crippen LogP contribution is -2.45. The number of rotatable bonds is 7. The Kier molecular flexibility index (Phi) is 7.38. The van der Waals surface area contributed by atoms with Gasteiger partial charge in [0.25, 0.3) is 5.91 Å². The van der Waals surface area contributed by atoms with Crippen LogP contribution in [0.1, 0.15) is 19.8 Å². The summed E-state index contributed by atoms with van der Waals surface area (Å²) >= 11 is 7.39. The Morgan fingerprint density at radius 3 is 2.32 bits per heavy atom. The molecule has 0 radical (unpaired) electrons. The van der Waals surface area contributed by atoms with Gasteiger partial charge >= 0.3 is 5.97 Å². The summed E-state index contributed by atoms with van der Waals surface area (Å²) in [6, 6.07) is 13.5. The fourth-order valence-electron chi connectivity index (χ4n) is 4.05. The second kappa shape index (κ2) is 10.4. The Hall–Kier alpha value is -3.10. The zero-order chi connectivity index (χ0) is 24.2. The number of amides is 3. The highest BCUT2D eigenvalue weighted by Gasteiger charge is 2.50. The third kappa shape index (κ3) is 5.18. The highest BCUT2D eigenvalue weighted by molar-refractivity contribution is 7.99. The fourth-order valence-corrected chi connectivity index (χ4v) is 5.07. The van der Waals surface area contributed by atoms with Gasteiger partial charge in [-0.3, -0.25) is 19.3 Å². The van der Waals surface area contributed by atoms with Gasteiger partial charge in [0.1, 0.15) is 6.04 Å². The van der Waals surface area contributed by atoms with Gasteiger partial charge in [-0.25, -0.2) is 4.79 Å². The van der Waals surface area contributed by atoms with E-state index in [1.165, 1.54) is 18.7 Å². The second-order valence-corrected chi connectivity index (χ2v) is 9.64. The molecule has 1 heterocycles. The molecule has 1 saturated heterocycles. The monoisotopic (exact) mass is 498 g/mol. The number of anilines is 1. The third-order valence-electron chi connectivity index (χ3n) is 5.82. The molecule has 3 amide bonds. The molecule has 9 heteroatoms. The van der Waals surface area contributed by atoms with Gasteiger partial charge in [0, 0.05) is 14.8 Å². The molecule has 4 rings (SSSR count). The third-order valence-corrected chi connectivity index (χ3v) is 7.15. The molecule has 176 valence electrons. The maximum atomic E-state index is 12.7. The van der Waals surface area contributed by atoms with Gasteiger partial charge in [-0.05, 0) is 56.2 Å². The molecule has 1 aliphatic carbocycles. The SMILES string of the molecule is C[C@@H](C(=O)OCC(=O)Nc1ccccc1Sc1ccc(Cl)cc1)N1C(=O)[C@@H]2CC=CC[C@H]2C1=O. The maximum absolute atomic E-state index is 12.7. The van der Waals surface area contributed by atoms with Crippen molar-refractivity contribution in [3.63, 3.8) is 0 Å². The Morgan fingerprint density at radius 2 is 1.68 bits per heavy atom. The largest absolute Gasteiger partial charge is 0.454 e. The van der Waals surface area contributed by atoms with Gasteiger partial charge < -0.3 is 10.1 Å². The van der Waals surface area contributed by atoms with Crippen molar-refractivity contribution < 1.29 is 23.9 Å². The van der Waals surface area contributed by atoms with Gasteiger partial charge in [-0.1, -0.05) is 47.6 Å². The molecule has 34 heavy (non-hydrogen) atoms. The van der Waals surface area contributed by atoms with Crippen LogP contribution >= 0.6 is 23.4 Å². The smallest absolute Gasteiger partial charge is 0.329 e. The van der Waals surface area contributed by atoms with Gasteiger partial charge in [-0.15, -0.1) is 0 Å². The van der Waals surface area contributed by atoms with E-state index < -0.39 is 36.4 Å². The molecule has 1 fully saturated rings. The van der Waals surface area contributed by atoms with Crippen molar-refractivity contribution in [3.8, 4) is 0 Å². The molecule has 7 nitrogen and oxygen atoms in total. The number of likely N-dealkylation sites (tertiary alicyclic amines) is 1. The molecule has 1 aliphatic heterocycles. The summed E-state index contributed by atoms with van der Waals surface area (Å²) < 4.78 is 5.14. The number of hydrogen-bond acceptors (Lipinski definition) is 6. The highest BCUT2D eigenvalue weighted by atomic mass is 35.5. The fraction of sp³-hybridized carbons (Fsp3) is 0.280. The van der Waals surface area contributed by atoms with E-state index in [0.717, 1.165) is 14.7 Å². The van der Waals surface area contributed by atoms with Crippen LogP contribution in [0.4, 0.5) is 5.69 Å². The number of imide groups is 1. The quantitative estimate of drug-likeness (QED) is 0.347. The van der Waals surface area contributed by atoms with Crippen LogP contribution in [0.25, 0.3) is 0 Å². The molecule has 2 aliphatic rings. The maximum Gasteiger partial charge on any atom is 0.329 e. The lowest BCUT2D eigenvalue weighted by Gasteiger charge is -2.21. The summed E-state index contributed by atoms with van der Waals surface area (Å²) in [7, 11) is 0. The van der Waals surface area contributed by atoms with Crippen LogP contribution in [-0.2, 0) is 23.9 Å². The normalized spacial score (nSPS) is 20.1. The Bertz CT molecular complexity index is 1120. The van der Waals surface area contributed by atoms with Crippen LogP contribution in [-0.4, -0.2) is 41.2 Å². The number of benzene rings is 2. The van der Waals surface area contributed by atoms with E-state index in [2.05, 4.69) is 5.32 Å². The van der Waals surface area contributed by atoms with E-state index in [1.807, 2.05) is 36.4 Å². The van der Waals surface area contributed by atoms with Gasteiger partial charge in [0.2, 0.25) is 11.8 Å². The number of fused-ring (bicyclic) bond motifs is 1. The molecule has 0 spiro atoms. The first kappa shape index (κ1) is 24.0. The van der Waals surface area contributed by atoms with Crippen molar-refractivity contribution in [2.24, 2.45) is 11.8 Å². The van der Waals surface area contributed by atoms with E-state index >= 15 is 0 Å². The number of hydrogen-bond donors (Lipinski definition) is 1. The van der Waals surface area contributed by atoms with Crippen LogP contribution in [0.5, 0.6) is 0 Å². The van der Waals surface area contributed by atoms with Gasteiger partial charge in [-0.2, -0.15) is 0 Å². The van der Waals surface area contributed by atoms with Crippen LogP contribution in [0, 0.1) is 11.8 Å². The van der Waals surface area contributed by atoms with E-state index in [-0.39, 0.29) is 11.8 Å². The number of halogens is 1. The average Bonchev–Trinajstić information content (AvgIpc) is 3.10. The van der Waals surface area contributed by atoms with E-state index in [1.54, 1.807) is 24.3 Å². The Morgan fingerprint density at radius 1 is 1.06 bits per heavy atom. The summed E-state index contributed by atoms with van der Waals surface area (Å²) in [6.45, 7) is 0.909. The topological polar surface area (TPSA) is 92.8 Å². The molecule has 1 N–H and O–H groups in total. The van der Waals surface area contributed by atoms with Crippen LogP contribution in [0.3, 0.4) is 0 Å². The molecular formula is C25H23ClN2O5S. The van der Waals surface area contributed by atoms with Gasteiger partial charge in [0.05, 0.1) is 17.5 Å². The number of para-hydroxylation sites is 1. The number of esters is 1. The Balaban J connectivity index is 1.34. The number of nitrogens with zero attached hydrogens (tertiary/aromatic N) is 1. The van der Waals surface area contributed by atoms with Crippen molar-refractivity contribution >= 4 is 52.7 Å². The van der Waals surface area contributed by atoms with E-state index in [0.29, 0.717) is 23.6 Å². The zero-order valence-corrected chi connectivity index (χ0v) is 20.0. The summed E-state index contributed by atoms with van der Waals surface area (Å²) in [5, 5.41) is 3.38. The molecule has 2 aromatic carbocycles. The molecule has 0 saturated carbocycles. The lowest BCUT2D eigenvalue weighted by molar-refractivity contribution is -0.159. The lowest BCUT2D eigenvalue weighted by atomic mass is 9.85. The van der Waals surface area contributed by atoms with Crippen LogP contribution in [0.15, 0.2) is 70.5 Å². The standard InChI is InChI=1S/C25H23ClN2O5S/c1-15(28-23(30)18-6-2-3-7-19(18)24(28)31)25(32)33-14-22(29)27-20-8-4-5-9-21(20)34-17-12-10-16(26)11-13-17/h2-5,8-13,15,18-19H,6-7,14H2,1H3,(H,27,29)/t15-,18+,19+/m0/s1. The zero-order valence-electron chi connectivity index (χ0n) is 18.4. The predicted octanol–water partition coefficient (Wildman–Crippen LogP) is 4.31. The van der Waals surface area contributed by atoms with Crippen molar-refractivity contribution in [2.75, 3.05) is 11.9 Å². The summed E-state index contributed by atoms with van der Waals surface area (Å²) in [4.78, 5) is 53.1. The number of nitrogens with one attached hydrogen (secondary N) is 1. The second-order valence-electron chi connectivity index (χ2n) is 8.09. The molecule has 0 bridgehead atoms. The minimum atomic E-state index is -1.09. The number of carbonyl (C=O) groups is 4. The molecule has 2 aromatic rings. The van der Waals surface area contributed by atoms with E-state index in [4.69, 9.17) is 16.3 Å². The predicted molar refractivity (Wildman–Crippen MR) is 128 cm³/mol. The minimum absolute atomic E-state index is 0.360. The highest BCUT2D eigenvalue weighted by Crippen LogP contribution is 2.36. The van der Waals surface area contributed by atoms with Gasteiger partial charge in [0.15, 0.2) is 6.61 Å². The molecule has 0 aromatic heterocycles. The summed E-state index contributed by atoms with van der Waals surface area (Å²) in [5.41, 5.74) is 0.568. The van der Waals surface area contributed by atoms with Crippen molar-refractivity contribution in [3.05, 3.63) is 65.7 Å². The summed E-state index contributed by atoms with van der Waals surface area (Å²) in [6.07, 6.45) is 4.74. The Labute approximate surface area is 206 Å². The molecule has 0 unspecified atom stereocenters. The molecular weight excluding hydrogens is 476 g/mol. The number of carbonyl (C=O) groups excluding carboxylic acids is 4. The summed E-state index contributed by atoms with van der Waals surface area (Å²) in [5.74, 6) is -2.90. The minimum Gasteiger partial charge on any atom is -0.454 e. The van der Waals surface area contributed by atoms with Crippen molar-refractivity contribution in [1.29, 1.82) is 0 Å². The van der Waals surface area contributed by atoms with Crippen molar-refractivity contribution in [2.45, 2.75) is 35.6 Å².